The molecule has 8 heteroatoms. The summed E-state index contributed by atoms with van der Waals surface area (Å²) in [5.41, 5.74) is 0.542. The lowest BCUT2D eigenvalue weighted by Crippen LogP contribution is -2.20. The fraction of sp³-hybridized carbons (Fsp3) is 0.118. The summed E-state index contributed by atoms with van der Waals surface area (Å²) in [6.45, 7) is 3.91. The molecule has 2 rings (SSSR count). The molecule has 0 spiro atoms. The molecule has 0 saturated heterocycles. The van der Waals surface area contributed by atoms with E-state index in [0.717, 1.165) is 0 Å². The predicted molar refractivity (Wildman–Crippen MR) is 97.8 cm³/mol. The maximum Gasteiger partial charge on any atom is 0.257 e. The van der Waals surface area contributed by atoms with Crippen LogP contribution in [0.15, 0.2) is 60.0 Å². The van der Waals surface area contributed by atoms with Gasteiger partial charge in [0, 0.05) is 11.8 Å². The minimum Gasteiger partial charge on any atom is -0.489 e. The van der Waals surface area contributed by atoms with Crippen LogP contribution in [0.25, 0.3) is 0 Å². The second kappa shape index (κ2) is 8.15. The maximum absolute atomic E-state index is 12.5. The summed E-state index contributed by atoms with van der Waals surface area (Å²) in [5.74, 6) is 0.0364. The summed E-state index contributed by atoms with van der Waals surface area (Å²) in [7, 11) is -2.39. The van der Waals surface area contributed by atoms with E-state index in [0.29, 0.717) is 18.0 Å². The molecule has 0 fully saturated rings. The molecular weight excluding hydrogens is 364 g/mol. The first-order valence-electron chi connectivity index (χ1n) is 7.25. The van der Waals surface area contributed by atoms with Crippen molar-refractivity contribution in [3.05, 3.63) is 65.7 Å². The standard InChI is InChI=1S/C17H17ClN2O4S/c1-3-9-24-13-6-4-5-12(10-13)20-17(21)15-11-14(7-8-16(15)18)25(22,23)19-2/h3-8,10-11,19H,1,9H2,2H3,(H,20,21). The summed E-state index contributed by atoms with van der Waals surface area (Å²) < 4.78 is 31.4. The van der Waals surface area contributed by atoms with Crippen LogP contribution < -0.4 is 14.8 Å². The van der Waals surface area contributed by atoms with Crippen molar-refractivity contribution in [2.24, 2.45) is 0 Å². The van der Waals surface area contributed by atoms with Crippen molar-refractivity contribution in [3.8, 4) is 5.75 Å². The van der Waals surface area contributed by atoms with E-state index in [-0.39, 0.29) is 15.5 Å². The predicted octanol–water partition coefficient (Wildman–Crippen LogP) is 3.07. The Hall–Kier alpha value is -2.35. The lowest BCUT2D eigenvalue weighted by molar-refractivity contribution is 0.102. The van der Waals surface area contributed by atoms with Gasteiger partial charge in [-0.2, -0.15) is 0 Å². The number of sulfonamides is 1. The van der Waals surface area contributed by atoms with Crippen molar-refractivity contribution < 1.29 is 17.9 Å². The number of halogens is 1. The van der Waals surface area contributed by atoms with Gasteiger partial charge in [0.05, 0.1) is 15.5 Å². The summed E-state index contributed by atoms with van der Waals surface area (Å²) in [6.07, 6.45) is 1.61. The largest absolute Gasteiger partial charge is 0.489 e. The minimum atomic E-state index is -3.68. The van der Waals surface area contributed by atoms with Gasteiger partial charge in [0.1, 0.15) is 12.4 Å². The Morgan fingerprint density at radius 3 is 2.72 bits per heavy atom. The topological polar surface area (TPSA) is 84.5 Å². The van der Waals surface area contributed by atoms with Crippen LogP contribution in [0.5, 0.6) is 5.75 Å². The van der Waals surface area contributed by atoms with Gasteiger partial charge in [0.25, 0.3) is 5.91 Å². The summed E-state index contributed by atoms with van der Waals surface area (Å²) in [5, 5.41) is 2.81. The van der Waals surface area contributed by atoms with Crippen LogP contribution in [0.3, 0.4) is 0 Å². The van der Waals surface area contributed by atoms with Crippen molar-refractivity contribution in [1.82, 2.24) is 4.72 Å². The Morgan fingerprint density at radius 2 is 2.04 bits per heavy atom. The first-order valence-corrected chi connectivity index (χ1v) is 9.11. The van der Waals surface area contributed by atoms with Crippen LogP contribution in [-0.4, -0.2) is 28.0 Å². The van der Waals surface area contributed by atoms with Gasteiger partial charge in [0.2, 0.25) is 10.0 Å². The third-order valence-corrected chi connectivity index (χ3v) is 4.96. The summed E-state index contributed by atoms with van der Waals surface area (Å²) in [6, 6.07) is 10.7. The van der Waals surface area contributed by atoms with Crippen LogP contribution in [0.4, 0.5) is 5.69 Å². The number of carbonyl (C=O) groups is 1. The van der Waals surface area contributed by atoms with Crippen molar-refractivity contribution in [2.75, 3.05) is 19.0 Å². The zero-order chi connectivity index (χ0) is 18.4. The van der Waals surface area contributed by atoms with E-state index in [2.05, 4.69) is 16.6 Å². The van der Waals surface area contributed by atoms with Crippen molar-refractivity contribution in [1.29, 1.82) is 0 Å². The number of rotatable bonds is 7. The molecule has 132 valence electrons. The number of carbonyl (C=O) groups excluding carboxylic acids is 1. The molecule has 0 unspecified atom stereocenters. The second-order valence-electron chi connectivity index (χ2n) is 4.93. The van der Waals surface area contributed by atoms with Gasteiger partial charge < -0.3 is 10.1 Å². The van der Waals surface area contributed by atoms with E-state index in [4.69, 9.17) is 16.3 Å². The number of hydrogen-bond acceptors (Lipinski definition) is 4. The van der Waals surface area contributed by atoms with E-state index >= 15 is 0 Å². The van der Waals surface area contributed by atoms with Crippen LogP contribution in [-0.2, 0) is 10.0 Å². The van der Waals surface area contributed by atoms with E-state index in [9.17, 15) is 13.2 Å². The fourth-order valence-corrected chi connectivity index (χ4v) is 2.94. The Bertz CT molecular complexity index is 897. The monoisotopic (exact) mass is 380 g/mol. The molecule has 2 N–H and O–H groups in total. The Balaban J connectivity index is 2.26. The second-order valence-corrected chi connectivity index (χ2v) is 7.22. The zero-order valence-electron chi connectivity index (χ0n) is 13.5. The first kappa shape index (κ1) is 19.0. The van der Waals surface area contributed by atoms with Crippen molar-refractivity contribution in [2.45, 2.75) is 4.90 Å². The molecule has 0 aliphatic carbocycles. The van der Waals surface area contributed by atoms with Crippen LogP contribution >= 0.6 is 11.6 Å². The lowest BCUT2D eigenvalue weighted by atomic mass is 10.2. The molecule has 0 bridgehead atoms. The normalized spacial score (nSPS) is 11.0. The molecule has 0 aliphatic heterocycles. The van der Waals surface area contributed by atoms with Crippen molar-refractivity contribution in [3.63, 3.8) is 0 Å². The molecule has 2 aromatic rings. The number of ether oxygens (including phenoxy) is 1. The SMILES string of the molecule is C=CCOc1cccc(NC(=O)c2cc(S(=O)(=O)NC)ccc2Cl)c1. The van der Waals surface area contributed by atoms with E-state index in [1.165, 1.54) is 25.2 Å². The van der Waals surface area contributed by atoms with Gasteiger partial charge in [-0.3, -0.25) is 4.79 Å². The molecule has 0 aliphatic rings. The number of anilines is 1. The molecule has 0 atom stereocenters. The number of nitrogens with one attached hydrogen (secondary N) is 2. The third-order valence-electron chi connectivity index (χ3n) is 3.22. The minimum absolute atomic E-state index is 0.0485. The van der Waals surface area contributed by atoms with Gasteiger partial charge in [-0.1, -0.05) is 30.3 Å². The highest BCUT2D eigenvalue weighted by molar-refractivity contribution is 7.89. The Kier molecular flexibility index (Phi) is 6.19. The molecule has 0 aromatic heterocycles. The number of benzene rings is 2. The van der Waals surface area contributed by atoms with E-state index in [1.807, 2.05) is 0 Å². The van der Waals surface area contributed by atoms with Gasteiger partial charge in [-0.25, -0.2) is 13.1 Å². The average Bonchev–Trinajstić information content (AvgIpc) is 2.60. The lowest BCUT2D eigenvalue weighted by Gasteiger charge is -2.10. The summed E-state index contributed by atoms with van der Waals surface area (Å²) >= 11 is 6.04. The molecule has 2 aromatic carbocycles. The molecule has 0 radical (unpaired) electrons. The molecule has 1 amide bonds. The highest BCUT2D eigenvalue weighted by Crippen LogP contribution is 2.23. The van der Waals surface area contributed by atoms with Gasteiger partial charge >= 0.3 is 0 Å². The molecule has 0 saturated carbocycles. The maximum atomic E-state index is 12.5. The van der Waals surface area contributed by atoms with Gasteiger partial charge in [-0.05, 0) is 37.4 Å². The third kappa shape index (κ3) is 4.82. The number of hydrogen-bond donors (Lipinski definition) is 2. The van der Waals surface area contributed by atoms with E-state index in [1.54, 1.807) is 30.3 Å². The zero-order valence-corrected chi connectivity index (χ0v) is 15.0. The molecular formula is C17H17ClN2O4S. The highest BCUT2D eigenvalue weighted by atomic mass is 35.5. The average molecular weight is 381 g/mol. The van der Waals surface area contributed by atoms with Crippen LogP contribution in [0.2, 0.25) is 5.02 Å². The Labute approximate surface area is 151 Å². The van der Waals surface area contributed by atoms with Gasteiger partial charge in [0.15, 0.2) is 0 Å². The smallest absolute Gasteiger partial charge is 0.257 e. The van der Waals surface area contributed by atoms with Crippen LogP contribution in [0.1, 0.15) is 10.4 Å². The molecule has 25 heavy (non-hydrogen) atoms. The molecule has 0 heterocycles. The molecule has 6 nitrogen and oxygen atoms in total. The van der Waals surface area contributed by atoms with Crippen LogP contribution in [0, 0.1) is 0 Å². The first-order chi connectivity index (χ1) is 11.9. The highest BCUT2D eigenvalue weighted by Gasteiger charge is 2.17. The number of amides is 1. The Morgan fingerprint density at radius 1 is 1.28 bits per heavy atom. The van der Waals surface area contributed by atoms with Gasteiger partial charge in [-0.15, -0.1) is 0 Å². The van der Waals surface area contributed by atoms with E-state index < -0.39 is 15.9 Å². The fourth-order valence-electron chi connectivity index (χ4n) is 1.98. The quantitative estimate of drug-likeness (QED) is 0.723. The van der Waals surface area contributed by atoms with Crippen molar-refractivity contribution >= 4 is 33.2 Å². The summed E-state index contributed by atoms with van der Waals surface area (Å²) in [4.78, 5) is 12.4.